The van der Waals surface area contributed by atoms with Gasteiger partial charge in [0.1, 0.15) is 0 Å². The van der Waals surface area contributed by atoms with Crippen LogP contribution in [0.3, 0.4) is 0 Å². The first-order valence-corrected chi connectivity index (χ1v) is 5.80. The third kappa shape index (κ3) is 4.28. The fourth-order valence-corrected chi connectivity index (χ4v) is 1.48. The Balaban J connectivity index is 2.50. The number of aromatic nitrogens is 2. The van der Waals surface area contributed by atoms with Gasteiger partial charge in [0.15, 0.2) is 5.82 Å². The van der Waals surface area contributed by atoms with Crippen molar-refractivity contribution < 1.29 is 9.63 Å². The van der Waals surface area contributed by atoms with E-state index in [1.54, 1.807) is 0 Å². The highest BCUT2D eigenvalue weighted by molar-refractivity contribution is 4.87. The average Bonchev–Trinajstić information content (AvgIpc) is 2.64. The minimum atomic E-state index is 0.157. The lowest BCUT2D eigenvalue weighted by Crippen LogP contribution is -2.26. The molecule has 0 aromatic carbocycles. The van der Waals surface area contributed by atoms with Crippen LogP contribution in [0.15, 0.2) is 4.52 Å². The highest BCUT2D eigenvalue weighted by Gasteiger charge is 2.11. The SMILES string of the molecule is CCN(CCO)Cc1noc(CC(C)C)n1. The van der Waals surface area contributed by atoms with Crippen LogP contribution in [-0.2, 0) is 13.0 Å². The number of hydrogen-bond acceptors (Lipinski definition) is 5. The topological polar surface area (TPSA) is 62.4 Å². The van der Waals surface area contributed by atoms with Gasteiger partial charge in [-0.25, -0.2) is 0 Å². The van der Waals surface area contributed by atoms with Gasteiger partial charge in [-0.3, -0.25) is 4.90 Å². The molecule has 0 radical (unpaired) electrons. The maximum atomic E-state index is 8.86. The summed E-state index contributed by atoms with van der Waals surface area (Å²) in [5.74, 6) is 1.92. The number of rotatable bonds is 7. The molecule has 5 heteroatoms. The second kappa shape index (κ2) is 6.60. The molecule has 1 heterocycles. The lowest BCUT2D eigenvalue weighted by atomic mass is 10.1. The van der Waals surface area contributed by atoms with E-state index in [-0.39, 0.29) is 6.61 Å². The molecular weight excluding hydrogens is 206 g/mol. The van der Waals surface area contributed by atoms with E-state index in [2.05, 4.69) is 28.9 Å². The predicted molar refractivity (Wildman–Crippen MR) is 60.9 cm³/mol. The summed E-state index contributed by atoms with van der Waals surface area (Å²) in [7, 11) is 0. The first kappa shape index (κ1) is 13.1. The molecule has 0 aliphatic rings. The third-order valence-corrected chi connectivity index (χ3v) is 2.32. The van der Waals surface area contributed by atoms with E-state index < -0.39 is 0 Å². The van der Waals surface area contributed by atoms with Crippen molar-refractivity contribution in [2.75, 3.05) is 19.7 Å². The van der Waals surface area contributed by atoms with Crippen molar-refractivity contribution in [3.8, 4) is 0 Å². The molecule has 0 unspecified atom stereocenters. The van der Waals surface area contributed by atoms with Gasteiger partial charge < -0.3 is 9.63 Å². The second-order valence-corrected chi connectivity index (χ2v) is 4.29. The molecule has 0 atom stereocenters. The molecule has 92 valence electrons. The number of likely N-dealkylation sites (N-methyl/N-ethyl adjacent to an activating group) is 1. The zero-order valence-electron chi connectivity index (χ0n) is 10.3. The number of aliphatic hydroxyl groups excluding tert-OH is 1. The molecule has 0 saturated heterocycles. The van der Waals surface area contributed by atoms with Gasteiger partial charge in [0.2, 0.25) is 5.89 Å². The molecule has 1 aromatic rings. The van der Waals surface area contributed by atoms with Gasteiger partial charge in [0.25, 0.3) is 0 Å². The Morgan fingerprint density at radius 2 is 2.19 bits per heavy atom. The Morgan fingerprint density at radius 1 is 1.44 bits per heavy atom. The summed E-state index contributed by atoms with van der Waals surface area (Å²) in [4.78, 5) is 6.39. The predicted octanol–water partition coefficient (Wildman–Crippen LogP) is 1.08. The minimum absolute atomic E-state index is 0.157. The summed E-state index contributed by atoms with van der Waals surface area (Å²) in [6.45, 7) is 8.59. The molecule has 0 spiro atoms. The fraction of sp³-hybridized carbons (Fsp3) is 0.818. The molecule has 0 aliphatic carbocycles. The van der Waals surface area contributed by atoms with E-state index in [4.69, 9.17) is 9.63 Å². The highest BCUT2D eigenvalue weighted by atomic mass is 16.5. The summed E-state index contributed by atoms with van der Waals surface area (Å²) >= 11 is 0. The van der Waals surface area contributed by atoms with Crippen LogP contribution in [0.25, 0.3) is 0 Å². The molecule has 16 heavy (non-hydrogen) atoms. The van der Waals surface area contributed by atoms with Crippen LogP contribution in [0.4, 0.5) is 0 Å². The van der Waals surface area contributed by atoms with Crippen molar-refractivity contribution >= 4 is 0 Å². The van der Waals surface area contributed by atoms with Crippen LogP contribution in [0.5, 0.6) is 0 Å². The van der Waals surface area contributed by atoms with E-state index in [0.29, 0.717) is 30.7 Å². The maximum Gasteiger partial charge on any atom is 0.226 e. The number of hydrogen-bond donors (Lipinski definition) is 1. The van der Waals surface area contributed by atoms with E-state index in [1.807, 2.05) is 6.92 Å². The molecule has 0 saturated carbocycles. The monoisotopic (exact) mass is 227 g/mol. The minimum Gasteiger partial charge on any atom is -0.395 e. The van der Waals surface area contributed by atoms with Crippen molar-refractivity contribution in [3.63, 3.8) is 0 Å². The highest BCUT2D eigenvalue weighted by Crippen LogP contribution is 2.07. The van der Waals surface area contributed by atoms with E-state index >= 15 is 0 Å². The molecule has 0 amide bonds. The Bertz CT molecular complexity index is 299. The second-order valence-electron chi connectivity index (χ2n) is 4.29. The fourth-order valence-electron chi connectivity index (χ4n) is 1.48. The van der Waals surface area contributed by atoms with Crippen molar-refractivity contribution in [2.45, 2.75) is 33.7 Å². The first-order valence-electron chi connectivity index (χ1n) is 5.80. The van der Waals surface area contributed by atoms with Crippen LogP contribution in [0, 0.1) is 5.92 Å². The van der Waals surface area contributed by atoms with Crippen molar-refractivity contribution in [2.24, 2.45) is 5.92 Å². The van der Waals surface area contributed by atoms with Gasteiger partial charge in [-0.1, -0.05) is 25.9 Å². The molecule has 0 bridgehead atoms. The molecule has 0 fully saturated rings. The van der Waals surface area contributed by atoms with Crippen molar-refractivity contribution in [1.29, 1.82) is 0 Å². The molecule has 1 aromatic heterocycles. The summed E-state index contributed by atoms with van der Waals surface area (Å²) < 4.78 is 5.15. The van der Waals surface area contributed by atoms with Gasteiger partial charge in [0, 0.05) is 13.0 Å². The Kier molecular flexibility index (Phi) is 5.42. The zero-order chi connectivity index (χ0) is 12.0. The smallest absolute Gasteiger partial charge is 0.226 e. The van der Waals surface area contributed by atoms with E-state index in [9.17, 15) is 0 Å². The molecule has 5 nitrogen and oxygen atoms in total. The van der Waals surface area contributed by atoms with Crippen LogP contribution in [0.1, 0.15) is 32.5 Å². The summed E-state index contributed by atoms with van der Waals surface area (Å²) in [5.41, 5.74) is 0. The van der Waals surface area contributed by atoms with Gasteiger partial charge in [0.05, 0.1) is 13.2 Å². The standard InChI is InChI=1S/C11H21N3O2/c1-4-14(5-6-15)8-10-12-11(16-13-10)7-9(2)3/h9,15H,4-8H2,1-3H3. The summed E-state index contributed by atoms with van der Waals surface area (Å²) in [6.07, 6.45) is 0.819. The van der Waals surface area contributed by atoms with Crippen LogP contribution < -0.4 is 0 Å². The quantitative estimate of drug-likeness (QED) is 0.755. The number of aliphatic hydroxyl groups is 1. The zero-order valence-corrected chi connectivity index (χ0v) is 10.3. The van der Waals surface area contributed by atoms with Crippen LogP contribution >= 0.6 is 0 Å². The summed E-state index contributed by atoms with van der Waals surface area (Å²) in [6, 6.07) is 0. The van der Waals surface area contributed by atoms with E-state index in [1.165, 1.54) is 0 Å². The van der Waals surface area contributed by atoms with Crippen LogP contribution in [-0.4, -0.2) is 39.8 Å². The molecular formula is C11H21N3O2. The first-order chi connectivity index (χ1) is 7.65. The lowest BCUT2D eigenvalue weighted by Gasteiger charge is -2.16. The van der Waals surface area contributed by atoms with Gasteiger partial charge in [-0.15, -0.1) is 0 Å². The Hall–Kier alpha value is -0.940. The Labute approximate surface area is 96.5 Å². The normalized spacial score (nSPS) is 11.6. The van der Waals surface area contributed by atoms with Crippen molar-refractivity contribution in [1.82, 2.24) is 15.0 Å². The van der Waals surface area contributed by atoms with Crippen molar-refractivity contribution in [3.05, 3.63) is 11.7 Å². The molecule has 1 N–H and O–H groups in total. The lowest BCUT2D eigenvalue weighted by molar-refractivity contribution is 0.192. The molecule has 1 rings (SSSR count). The third-order valence-electron chi connectivity index (χ3n) is 2.32. The molecule has 0 aliphatic heterocycles. The largest absolute Gasteiger partial charge is 0.395 e. The van der Waals surface area contributed by atoms with Gasteiger partial charge >= 0.3 is 0 Å². The number of nitrogens with zero attached hydrogens (tertiary/aromatic N) is 3. The van der Waals surface area contributed by atoms with Gasteiger partial charge in [-0.2, -0.15) is 4.98 Å². The Morgan fingerprint density at radius 3 is 2.75 bits per heavy atom. The average molecular weight is 227 g/mol. The van der Waals surface area contributed by atoms with Gasteiger partial charge in [-0.05, 0) is 12.5 Å². The van der Waals surface area contributed by atoms with E-state index in [0.717, 1.165) is 13.0 Å². The maximum absolute atomic E-state index is 8.86. The summed E-state index contributed by atoms with van der Waals surface area (Å²) in [5, 5.41) is 12.8. The van der Waals surface area contributed by atoms with Crippen LogP contribution in [0.2, 0.25) is 0 Å².